The normalized spacial score (nSPS) is 15.0. The Labute approximate surface area is 165 Å². The Kier molecular flexibility index (Phi) is 6.44. The van der Waals surface area contributed by atoms with Gasteiger partial charge in [0.05, 0.1) is 5.56 Å². The van der Waals surface area contributed by atoms with Gasteiger partial charge in [-0.25, -0.2) is 4.79 Å². The number of carboxylic acids is 1. The highest BCUT2D eigenvalue weighted by Crippen LogP contribution is 2.62. The number of alkyl halides is 15. The van der Waals surface area contributed by atoms with Crippen LogP contribution in [-0.4, -0.2) is 53.0 Å². The molecule has 0 unspecified atom stereocenters. The summed E-state index contributed by atoms with van der Waals surface area (Å²) in [5.41, 5.74) is -0.724. The van der Waals surface area contributed by atoms with E-state index in [1.165, 1.54) is 0 Å². The summed E-state index contributed by atoms with van der Waals surface area (Å²) >= 11 is 0. The average molecular weight is 506 g/mol. The van der Waals surface area contributed by atoms with Gasteiger partial charge in [0.1, 0.15) is 5.75 Å². The lowest BCUT2D eigenvalue weighted by Gasteiger charge is -2.41. The number of aromatic carboxylic acids is 1. The highest BCUT2D eigenvalue weighted by atomic mass is 19.4. The molecule has 0 aliphatic heterocycles. The minimum Gasteiger partial charge on any atom is -0.478 e. The first kappa shape index (κ1) is 27.5. The predicted octanol–water partition coefficient (Wildman–Crippen LogP) is 6.10. The van der Waals surface area contributed by atoms with E-state index < -0.39 is 59.2 Å². The molecule has 0 atom stereocenters. The minimum atomic E-state index is -8.41. The van der Waals surface area contributed by atoms with Crippen molar-refractivity contribution < 1.29 is 80.5 Å². The van der Waals surface area contributed by atoms with Gasteiger partial charge in [0.15, 0.2) is 0 Å². The van der Waals surface area contributed by atoms with Crippen LogP contribution in [0.25, 0.3) is 0 Å². The molecule has 0 aromatic heterocycles. The monoisotopic (exact) mass is 506 g/mol. The standard InChI is InChI=1S/C14H5F15O3/c15-8(16,9(17,18)11(21,22)13(25,26)27)10(19,20)12(23,24)14(28,29)32-6-3-1-5(2-4-6)7(30)31/h1-4H,(H,30,31). The van der Waals surface area contributed by atoms with Gasteiger partial charge in [-0.3, -0.25) is 0 Å². The summed E-state index contributed by atoms with van der Waals surface area (Å²) in [6.07, 6.45) is -14.6. The van der Waals surface area contributed by atoms with Crippen LogP contribution in [0.2, 0.25) is 0 Å². The van der Waals surface area contributed by atoms with Crippen molar-refractivity contribution in [1.82, 2.24) is 0 Å². The fourth-order valence-corrected chi connectivity index (χ4v) is 1.83. The van der Waals surface area contributed by atoms with Crippen LogP contribution in [0.1, 0.15) is 10.4 Å². The summed E-state index contributed by atoms with van der Waals surface area (Å²) in [4.78, 5) is 10.5. The van der Waals surface area contributed by atoms with Gasteiger partial charge in [-0.1, -0.05) is 0 Å². The summed E-state index contributed by atoms with van der Waals surface area (Å²) in [5, 5.41) is 8.53. The molecular weight excluding hydrogens is 501 g/mol. The Balaban J connectivity index is 3.46. The summed E-state index contributed by atoms with van der Waals surface area (Å²) in [6.45, 7) is 0. The molecule has 184 valence electrons. The number of rotatable bonds is 8. The van der Waals surface area contributed by atoms with E-state index >= 15 is 0 Å². The second-order valence-corrected chi connectivity index (χ2v) is 5.82. The smallest absolute Gasteiger partial charge is 0.471 e. The van der Waals surface area contributed by atoms with Gasteiger partial charge in [0.25, 0.3) is 0 Å². The third-order valence-corrected chi connectivity index (χ3v) is 3.65. The van der Waals surface area contributed by atoms with E-state index in [1.807, 2.05) is 0 Å². The van der Waals surface area contributed by atoms with Crippen molar-refractivity contribution >= 4 is 5.97 Å². The van der Waals surface area contributed by atoms with Crippen LogP contribution >= 0.6 is 0 Å². The molecule has 0 radical (unpaired) electrons. The molecule has 0 spiro atoms. The Morgan fingerprint density at radius 1 is 0.594 bits per heavy atom. The molecule has 0 aliphatic rings. The van der Waals surface area contributed by atoms with E-state index in [1.54, 1.807) is 0 Å². The molecule has 0 saturated carbocycles. The number of carboxylic acid groups (broad SMARTS) is 1. The van der Waals surface area contributed by atoms with Crippen LogP contribution in [0.3, 0.4) is 0 Å². The number of halogens is 15. The topological polar surface area (TPSA) is 46.5 Å². The summed E-state index contributed by atoms with van der Waals surface area (Å²) in [7, 11) is 0. The highest BCUT2D eigenvalue weighted by molar-refractivity contribution is 5.87. The van der Waals surface area contributed by atoms with E-state index in [2.05, 4.69) is 4.74 Å². The first-order valence-corrected chi connectivity index (χ1v) is 7.24. The van der Waals surface area contributed by atoms with Crippen molar-refractivity contribution in [1.29, 1.82) is 0 Å². The Morgan fingerprint density at radius 2 is 0.938 bits per heavy atom. The molecule has 0 fully saturated rings. The van der Waals surface area contributed by atoms with E-state index in [0.717, 1.165) is 0 Å². The van der Waals surface area contributed by atoms with Crippen LogP contribution in [0.15, 0.2) is 24.3 Å². The van der Waals surface area contributed by atoms with E-state index in [-0.39, 0.29) is 12.1 Å². The maximum atomic E-state index is 13.5. The lowest BCUT2D eigenvalue weighted by atomic mass is 9.93. The molecule has 1 rings (SSSR count). The third-order valence-electron chi connectivity index (χ3n) is 3.65. The van der Waals surface area contributed by atoms with Crippen LogP contribution in [0.5, 0.6) is 5.75 Å². The second kappa shape index (κ2) is 7.50. The molecule has 0 aliphatic carbocycles. The molecule has 0 bridgehead atoms. The Hall–Kier alpha value is -2.56. The zero-order valence-corrected chi connectivity index (χ0v) is 14.2. The van der Waals surface area contributed by atoms with E-state index in [0.29, 0.717) is 12.1 Å². The third kappa shape index (κ3) is 3.87. The van der Waals surface area contributed by atoms with Gasteiger partial charge in [0.2, 0.25) is 0 Å². The molecule has 1 aromatic carbocycles. The van der Waals surface area contributed by atoms with Gasteiger partial charge in [-0.05, 0) is 24.3 Å². The number of benzene rings is 1. The van der Waals surface area contributed by atoms with Gasteiger partial charge in [-0.15, -0.1) is 0 Å². The van der Waals surface area contributed by atoms with E-state index in [4.69, 9.17) is 5.11 Å². The first-order chi connectivity index (χ1) is 13.9. The number of ether oxygens (including phenoxy) is 1. The molecule has 0 amide bonds. The van der Waals surface area contributed by atoms with Gasteiger partial charge in [0, 0.05) is 0 Å². The molecule has 3 nitrogen and oxygen atoms in total. The van der Waals surface area contributed by atoms with Crippen molar-refractivity contribution in [3.63, 3.8) is 0 Å². The van der Waals surface area contributed by atoms with Crippen molar-refractivity contribution in [3.05, 3.63) is 29.8 Å². The van der Waals surface area contributed by atoms with E-state index in [9.17, 15) is 70.7 Å². The highest BCUT2D eigenvalue weighted by Gasteiger charge is 2.94. The fourth-order valence-electron chi connectivity index (χ4n) is 1.83. The molecule has 18 heteroatoms. The number of carbonyl (C=O) groups is 1. The van der Waals surface area contributed by atoms with Crippen LogP contribution in [0.4, 0.5) is 65.9 Å². The Bertz CT molecular complexity index is 842. The number of hydrogen-bond donors (Lipinski definition) is 1. The Morgan fingerprint density at radius 3 is 1.28 bits per heavy atom. The van der Waals surface area contributed by atoms with Crippen molar-refractivity contribution in [2.24, 2.45) is 0 Å². The van der Waals surface area contributed by atoms with Gasteiger partial charge < -0.3 is 9.84 Å². The van der Waals surface area contributed by atoms with Crippen LogP contribution in [0, 0.1) is 0 Å². The predicted molar refractivity (Wildman–Crippen MR) is 69.8 cm³/mol. The van der Waals surface area contributed by atoms with Crippen molar-refractivity contribution in [2.75, 3.05) is 0 Å². The molecule has 0 heterocycles. The fraction of sp³-hybridized carbons (Fsp3) is 0.500. The lowest BCUT2D eigenvalue weighted by molar-refractivity contribution is -0.465. The van der Waals surface area contributed by atoms with Gasteiger partial charge in [-0.2, -0.15) is 65.9 Å². The molecule has 32 heavy (non-hydrogen) atoms. The quantitative estimate of drug-likeness (QED) is 0.434. The minimum absolute atomic E-state index is 0.0934. The average Bonchev–Trinajstić information content (AvgIpc) is 2.59. The number of hydrogen-bond acceptors (Lipinski definition) is 2. The van der Waals surface area contributed by atoms with Crippen LogP contribution in [-0.2, 0) is 0 Å². The lowest BCUT2D eigenvalue weighted by Crippen LogP contribution is -2.73. The second-order valence-electron chi connectivity index (χ2n) is 5.82. The molecule has 1 N–H and O–H groups in total. The van der Waals surface area contributed by atoms with Gasteiger partial charge >= 0.3 is 47.9 Å². The first-order valence-electron chi connectivity index (χ1n) is 7.24. The summed E-state index contributed by atoms with van der Waals surface area (Å²) in [5.74, 6) is -44.3. The summed E-state index contributed by atoms with van der Waals surface area (Å²) < 4.78 is 198. The zero-order chi connectivity index (χ0) is 25.8. The SMILES string of the molecule is O=C(O)c1ccc(OC(F)(F)C(F)(F)C(F)(F)C(F)(F)C(F)(F)C(F)(F)C(F)(F)F)cc1. The molecule has 0 saturated heterocycles. The maximum Gasteiger partial charge on any atom is 0.471 e. The molecular formula is C14H5F15O3. The van der Waals surface area contributed by atoms with Crippen LogP contribution < -0.4 is 4.74 Å². The molecule has 1 aromatic rings. The zero-order valence-electron chi connectivity index (χ0n) is 14.2. The van der Waals surface area contributed by atoms with Crippen molar-refractivity contribution in [3.8, 4) is 5.75 Å². The van der Waals surface area contributed by atoms with Crippen molar-refractivity contribution in [2.45, 2.75) is 41.9 Å². The largest absolute Gasteiger partial charge is 0.478 e. The maximum absolute atomic E-state index is 13.5. The summed E-state index contributed by atoms with van der Waals surface area (Å²) in [6, 6.07) is 0.875.